The van der Waals surface area contributed by atoms with Gasteiger partial charge in [-0.2, -0.15) is 0 Å². The van der Waals surface area contributed by atoms with E-state index in [0.717, 1.165) is 37.3 Å². The molecule has 0 N–H and O–H groups in total. The van der Waals surface area contributed by atoms with Crippen LogP contribution in [0, 0.1) is 0 Å². The van der Waals surface area contributed by atoms with E-state index in [4.69, 9.17) is 32.7 Å². The summed E-state index contributed by atoms with van der Waals surface area (Å²) in [7, 11) is 5.54. The molecule has 1 heterocycles. The second-order valence-corrected chi connectivity index (χ2v) is 7.25. The Morgan fingerprint density at radius 1 is 1.04 bits per heavy atom. The van der Waals surface area contributed by atoms with Gasteiger partial charge < -0.3 is 9.47 Å². The Hall–Kier alpha value is -1.42. The lowest BCUT2D eigenvalue weighted by molar-refractivity contribution is 0.218. The number of methoxy groups -OCH3 is 2. The molecule has 5 heteroatoms. The topological polar surface area (TPSA) is 21.7 Å². The fourth-order valence-corrected chi connectivity index (χ4v) is 3.85. The van der Waals surface area contributed by atoms with E-state index in [1.54, 1.807) is 14.2 Å². The summed E-state index contributed by atoms with van der Waals surface area (Å²) in [6.45, 7) is 1.04. The molecule has 0 saturated carbocycles. The molecule has 0 saturated heterocycles. The minimum Gasteiger partial charge on any atom is -0.493 e. The van der Waals surface area contributed by atoms with Crippen molar-refractivity contribution >= 4 is 23.2 Å². The van der Waals surface area contributed by atoms with Gasteiger partial charge in [-0.15, -0.1) is 0 Å². The number of fused-ring (bicyclic) bond motifs is 1. The third kappa shape index (κ3) is 3.89. The van der Waals surface area contributed by atoms with Crippen LogP contribution in [0.5, 0.6) is 11.5 Å². The first kappa shape index (κ1) is 18.4. The molecule has 1 aliphatic rings. The van der Waals surface area contributed by atoms with E-state index in [1.807, 2.05) is 18.2 Å². The number of likely N-dealkylation sites (N-methyl/N-ethyl adjacent to an activating group) is 1. The average Bonchev–Trinajstić information content (AvgIpc) is 2.62. The van der Waals surface area contributed by atoms with Crippen molar-refractivity contribution in [3.8, 4) is 11.5 Å². The van der Waals surface area contributed by atoms with E-state index < -0.39 is 0 Å². The van der Waals surface area contributed by atoms with E-state index >= 15 is 0 Å². The summed E-state index contributed by atoms with van der Waals surface area (Å²) in [6.07, 6.45) is 2.98. The Morgan fingerprint density at radius 3 is 2.44 bits per heavy atom. The summed E-state index contributed by atoms with van der Waals surface area (Å²) in [5.74, 6) is 1.59. The first-order valence-electron chi connectivity index (χ1n) is 8.42. The first-order chi connectivity index (χ1) is 12.0. The largest absolute Gasteiger partial charge is 0.493 e. The highest BCUT2D eigenvalue weighted by molar-refractivity contribution is 6.42. The second kappa shape index (κ2) is 7.86. The molecule has 0 aromatic heterocycles. The minimum absolute atomic E-state index is 0.345. The maximum absolute atomic E-state index is 6.15. The van der Waals surface area contributed by atoms with Gasteiger partial charge in [-0.05, 0) is 67.3 Å². The molecule has 25 heavy (non-hydrogen) atoms. The summed E-state index contributed by atoms with van der Waals surface area (Å²) in [5.41, 5.74) is 3.87. The Labute approximate surface area is 159 Å². The van der Waals surface area contributed by atoms with Crippen LogP contribution in [0.3, 0.4) is 0 Å². The van der Waals surface area contributed by atoms with Crippen LogP contribution >= 0.6 is 23.2 Å². The lowest BCUT2D eigenvalue weighted by Gasteiger charge is -2.35. The van der Waals surface area contributed by atoms with Gasteiger partial charge in [0.2, 0.25) is 0 Å². The van der Waals surface area contributed by atoms with Crippen LogP contribution in [-0.2, 0) is 12.8 Å². The fourth-order valence-electron chi connectivity index (χ4n) is 3.53. The third-order valence-electron chi connectivity index (χ3n) is 4.96. The molecule has 1 aliphatic heterocycles. The Balaban J connectivity index is 1.85. The Kier molecular flexibility index (Phi) is 5.78. The van der Waals surface area contributed by atoms with Gasteiger partial charge in [0.25, 0.3) is 0 Å². The van der Waals surface area contributed by atoms with Crippen LogP contribution in [0.2, 0.25) is 10.0 Å². The number of hydrogen-bond donors (Lipinski definition) is 0. The molecule has 1 atom stereocenters. The fraction of sp³-hybridized carbons (Fsp3) is 0.400. The second-order valence-electron chi connectivity index (χ2n) is 6.44. The lowest BCUT2D eigenvalue weighted by Crippen LogP contribution is -2.32. The van der Waals surface area contributed by atoms with Crippen molar-refractivity contribution in [1.82, 2.24) is 4.90 Å². The normalized spacial score (nSPS) is 17.2. The van der Waals surface area contributed by atoms with Crippen LogP contribution in [-0.4, -0.2) is 32.7 Å². The molecule has 2 aromatic rings. The maximum Gasteiger partial charge on any atom is 0.161 e. The van der Waals surface area contributed by atoms with Gasteiger partial charge in [-0.1, -0.05) is 29.3 Å². The maximum atomic E-state index is 6.15. The average molecular weight is 380 g/mol. The number of nitrogens with zero attached hydrogens (tertiary/aromatic N) is 1. The Morgan fingerprint density at radius 2 is 1.76 bits per heavy atom. The first-order valence-corrected chi connectivity index (χ1v) is 9.18. The SMILES string of the molecule is COc1cc2c(cc1OC)C(CCc1ccc(Cl)c(Cl)c1)N(C)CC2. The van der Waals surface area contributed by atoms with Gasteiger partial charge in [0.05, 0.1) is 24.3 Å². The highest BCUT2D eigenvalue weighted by Gasteiger charge is 2.26. The highest BCUT2D eigenvalue weighted by atomic mass is 35.5. The van der Waals surface area contributed by atoms with Gasteiger partial charge in [0.1, 0.15) is 0 Å². The lowest BCUT2D eigenvalue weighted by atomic mass is 9.89. The summed E-state index contributed by atoms with van der Waals surface area (Å²) in [5, 5.41) is 1.21. The van der Waals surface area contributed by atoms with Crippen LogP contribution in [0.1, 0.15) is 29.2 Å². The van der Waals surface area contributed by atoms with Crippen molar-refractivity contribution in [2.24, 2.45) is 0 Å². The van der Waals surface area contributed by atoms with Crippen molar-refractivity contribution in [1.29, 1.82) is 0 Å². The molecule has 134 valence electrons. The number of hydrogen-bond acceptors (Lipinski definition) is 3. The van der Waals surface area contributed by atoms with Crippen LogP contribution in [0.15, 0.2) is 30.3 Å². The summed E-state index contributed by atoms with van der Waals surface area (Å²) in [4.78, 5) is 2.41. The summed E-state index contributed by atoms with van der Waals surface area (Å²) >= 11 is 12.2. The number of aryl methyl sites for hydroxylation is 1. The van der Waals surface area contributed by atoms with Crippen LogP contribution < -0.4 is 9.47 Å². The van der Waals surface area contributed by atoms with E-state index in [9.17, 15) is 0 Å². The monoisotopic (exact) mass is 379 g/mol. The van der Waals surface area contributed by atoms with Crippen molar-refractivity contribution in [3.05, 3.63) is 57.1 Å². The van der Waals surface area contributed by atoms with Crippen LogP contribution in [0.4, 0.5) is 0 Å². The van der Waals surface area contributed by atoms with E-state index in [1.165, 1.54) is 16.7 Å². The van der Waals surface area contributed by atoms with Gasteiger partial charge in [-0.25, -0.2) is 0 Å². The molecule has 3 rings (SSSR count). The molecule has 2 aromatic carbocycles. The predicted octanol–water partition coefficient (Wildman–Crippen LogP) is 5.17. The standard InChI is InChI=1S/C20H23Cl2NO2/c1-23-9-8-14-11-19(24-2)20(25-3)12-15(14)18(23)7-5-13-4-6-16(21)17(22)10-13/h4,6,10-12,18H,5,7-9H2,1-3H3. The number of ether oxygens (including phenoxy) is 2. The molecular formula is C20H23Cl2NO2. The zero-order valence-corrected chi connectivity index (χ0v) is 16.3. The predicted molar refractivity (Wildman–Crippen MR) is 103 cm³/mol. The quantitative estimate of drug-likeness (QED) is 0.714. The van der Waals surface area contributed by atoms with Crippen LogP contribution in [0.25, 0.3) is 0 Å². The molecule has 0 amide bonds. The summed E-state index contributed by atoms with van der Waals surface area (Å²) in [6, 6.07) is 10.5. The summed E-state index contributed by atoms with van der Waals surface area (Å²) < 4.78 is 11.0. The number of rotatable bonds is 5. The molecule has 0 bridgehead atoms. The van der Waals surface area contributed by atoms with Gasteiger partial charge in [0.15, 0.2) is 11.5 Å². The van der Waals surface area contributed by atoms with Gasteiger partial charge in [-0.3, -0.25) is 4.90 Å². The Bertz CT molecular complexity index is 764. The molecule has 0 aliphatic carbocycles. The molecule has 0 spiro atoms. The van der Waals surface area contributed by atoms with Crippen molar-refractivity contribution in [2.75, 3.05) is 27.8 Å². The zero-order valence-electron chi connectivity index (χ0n) is 14.8. The number of benzene rings is 2. The molecule has 3 nitrogen and oxygen atoms in total. The van der Waals surface area contributed by atoms with Crippen molar-refractivity contribution in [3.63, 3.8) is 0 Å². The highest BCUT2D eigenvalue weighted by Crippen LogP contribution is 2.39. The smallest absolute Gasteiger partial charge is 0.161 e. The van der Waals surface area contributed by atoms with Gasteiger partial charge >= 0.3 is 0 Å². The molecule has 0 radical (unpaired) electrons. The minimum atomic E-state index is 0.345. The van der Waals surface area contributed by atoms with E-state index in [0.29, 0.717) is 16.1 Å². The molecule has 0 fully saturated rings. The third-order valence-corrected chi connectivity index (χ3v) is 5.70. The van der Waals surface area contributed by atoms with E-state index in [-0.39, 0.29) is 0 Å². The molecule has 1 unspecified atom stereocenters. The molecular weight excluding hydrogens is 357 g/mol. The van der Waals surface area contributed by atoms with E-state index in [2.05, 4.69) is 24.1 Å². The van der Waals surface area contributed by atoms with Crippen molar-refractivity contribution in [2.45, 2.75) is 25.3 Å². The zero-order chi connectivity index (χ0) is 18.0. The number of halogens is 2. The van der Waals surface area contributed by atoms with Crippen molar-refractivity contribution < 1.29 is 9.47 Å². The van der Waals surface area contributed by atoms with Gasteiger partial charge in [0, 0.05) is 12.6 Å².